The van der Waals surface area contributed by atoms with Crippen molar-refractivity contribution in [1.29, 1.82) is 0 Å². The topological polar surface area (TPSA) is 58.2 Å². The van der Waals surface area contributed by atoms with Gasteiger partial charge in [-0.2, -0.15) is 0 Å². The molecule has 0 spiro atoms. The molecule has 1 aliphatic rings. The highest BCUT2D eigenvalue weighted by Gasteiger charge is 2.18. The molecule has 0 aromatic heterocycles. The highest BCUT2D eigenvalue weighted by atomic mass is 16.2. The van der Waals surface area contributed by atoms with Gasteiger partial charge >= 0.3 is 0 Å². The Morgan fingerprint density at radius 2 is 2.33 bits per heavy atom. The van der Waals surface area contributed by atoms with E-state index in [1.807, 2.05) is 6.92 Å². The van der Waals surface area contributed by atoms with Gasteiger partial charge in [-0.25, -0.2) is 0 Å². The standard InChI is InChI=1S/C8H12N2O2/c1-5-4-9-7(3-6(2)11)8(12)10-5/h3,5,9H,4H2,1-2H3,(H,10,12). The maximum absolute atomic E-state index is 11.1. The summed E-state index contributed by atoms with van der Waals surface area (Å²) >= 11 is 0. The van der Waals surface area contributed by atoms with Crippen molar-refractivity contribution in [2.24, 2.45) is 0 Å². The van der Waals surface area contributed by atoms with Gasteiger partial charge in [-0.1, -0.05) is 0 Å². The predicted octanol–water partition coefficient (Wildman–Crippen LogP) is -0.433. The summed E-state index contributed by atoms with van der Waals surface area (Å²) in [7, 11) is 0. The highest BCUT2D eigenvalue weighted by Crippen LogP contribution is 1.98. The van der Waals surface area contributed by atoms with Crippen molar-refractivity contribution in [3.63, 3.8) is 0 Å². The van der Waals surface area contributed by atoms with E-state index in [4.69, 9.17) is 0 Å². The molecule has 1 saturated heterocycles. The number of piperazine rings is 1. The van der Waals surface area contributed by atoms with E-state index in [0.29, 0.717) is 12.2 Å². The number of rotatable bonds is 1. The number of hydrogen-bond donors (Lipinski definition) is 2. The second kappa shape index (κ2) is 3.38. The molecule has 1 unspecified atom stereocenters. The van der Waals surface area contributed by atoms with Crippen molar-refractivity contribution >= 4 is 11.7 Å². The molecule has 4 heteroatoms. The van der Waals surface area contributed by atoms with Gasteiger partial charge in [0.05, 0.1) is 0 Å². The third-order valence-corrected chi connectivity index (χ3v) is 1.57. The van der Waals surface area contributed by atoms with Crippen LogP contribution in [0.5, 0.6) is 0 Å². The zero-order valence-corrected chi connectivity index (χ0v) is 7.18. The Morgan fingerprint density at radius 3 is 2.83 bits per heavy atom. The first-order valence-corrected chi connectivity index (χ1v) is 3.86. The molecule has 1 atom stereocenters. The summed E-state index contributed by atoms with van der Waals surface area (Å²) in [5.41, 5.74) is 0.362. The van der Waals surface area contributed by atoms with E-state index in [1.165, 1.54) is 13.0 Å². The van der Waals surface area contributed by atoms with E-state index in [0.717, 1.165) is 0 Å². The van der Waals surface area contributed by atoms with Crippen LogP contribution in [0.15, 0.2) is 11.8 Å². The lowest BCUT2D eigenvalue weighted by molar-refractivity contribution is -0.120. The van der Waals surface area contributed by atoms with Crippen molar-refractivity contribution in [2.75, 3.05) is 6.54 Å². The fraction of sp³-hybridized carbons (Fsp3) is 0.500. The van der Waals surface area contributed by atoms with Crippen LogP contribution in [0.1, 0.15) is 13.8 Å². The molecular formula is C8H12N2O2. The number of nitrogens with one attached hydrogen (secondary N) is 2. The van der Waals surface area contributed by atoms with E-state index in [-0.39, 0.29) is 17.7 Å². The Hall–Kier alpha value is -1.32. The van der Waals surface area contributed by atoms with Gasteiger partial charge in [-0.15, -0.1) is 0 Å². The molecule has 0 saturated carbocycles. The molecule has 1 rings (SSSR count). The molecular weight excluding hydrogens is 156 g/mol. The van der Waals surface area contributed by atoms with Crippen molar-refractivity contribution < 1.29 is 9.59 Å². The Bertz CT molecular complexity index is 245. The van der Waals surface area contributed by atoms with Crippen molar-refractivity contribution in [2.45, 2.75) is 19.9 Å². The lowest BCUT2D eigenvalue weighted by atomic mass is 10.2. The van der Waals surface area contributed by atoms with Crippen molar-refractivity contribution in [1.82, 2.24) is 10.6 Å². The second-order valence-corrected chi connectivity index (χ2v) is 2.92. The Morgan fingerprint density at radius 1 is 1.67 bits per heavy atom. The summed E-state index contributed by atoms with van der Waals surface area (Å²) in [4.78, 5) is 21.8. The van der Waals surface area contributed by atoms with E-state index >= 15 is 0 Å². The van der Waals surface area contributed by atoms with Crippen LogP contribution in [0.4, 0.5) is 0 Å². The summed E-state index contributed by atoms with van der Waals surface area (Å²) in [6, 6.07) is 0.126. The minimum absolute atomic E-state index is 0.123. The molecule has 1 amide bonds. The summed E-state index contributed by atoms with van der Waals surface area (Å²) < 4.78 is 0. The average molecular weight is 168 g/mol. The van der Waals surface area contributed by atoms with Gasteiger partial charge in [-0.05, 0) is 13.8 Å². The van der Waals surface area contributed by atoms with Crippen LogP contribution in [0.3, 0.4) is 0 Å². The molecule has 2 N–H and O–H groups in total. The quantitative estimate of drug-likeness (QED) is 0.522. The van der Waals surface area contributed by atoms with Gasteiger partial charge in [0.1, 0.15) is 5.70 Å². The highest BCUT2D eigenvalue weighted by molar-refractivity contribution is 6.01. The molecule has 0 aromatic carbocycles. The molecule has 1 heterocycles. The van der Waals surface area contributed by atoms with Crippen LogP contribution in [-0.2, 0) is 9.59 Å². The normalized spacial score (nSPS) is 26.3. The van der Waals surface area contributed by atoms with E-state index in [1.54, 1.807) is 0 Å². The fourth-order valence-corrected chi connectivity index (χ4v) is 1.02. The minimum atomic E-state index is -0.205. The van der Waals surface area contributed by atoms with Crippen LogP contribution in [0.25, 0.3) is 0 Å². The van der Waals surface area contributed by atoms with Crippen LogP contribution in [-0.4, -0.2) is 24.3 Å². The Balaban J connectivity index is 2.69. The van der Waals surface area contributed by atoms with Gasteiger partial charge in [0, 0.05) is 18.7 Å². The predicted molar refractivity (Wildman–Crippen MR) is 44.4 cm³/mol. The zero-order chi connectivity index (χ0) is 9.14. The second-order valence-electron chi connectivity index (χ2n) is 2.92. The largest absolute Gasteiger partial charge is 0.378 e. The van der Waals surface area contributed by atoms with Crippen molar-refractivity contribution in [3.05, 3.63) is 11.8 Å². The molecule has 66 valence electrons. The van der Waals surface area contributed by atoms with Gasteiger partial charge in [0.2, 0.25) is 0 Å². The molecule has 0 radical (unpaired) electrons. The average Bonchev–Trinajstić information content (AvgIpc) is 1.94. The number of ketones is 1. The fourth-order valence-electron chi connectivity index (χ4n) is 1.02. The first-order valence-electron chi connectivity index (χ1n) is 3.86. The first-order chi connectivity index (χ1) is 5.59. The molecule has 0 bridgehead atoms. The van der Waals surface area contributed by atoms with Crippen molar-refractivity contribution in [3.8, 4) is 0 Å². The maximum Gasteiger partial charge on any atom is 0.267 e. The van der Waals surface area contributed by atoms with E-state index in [9.17, 15) is 9.59 Å². The van der Waals surface area contributed by atoms with E-state index in [2.05, 4.69) is 10.6 Å². The Kier molecular flexibility index (Phi) is 2.47. The van der Waals surface area contributed by atoms with Gasteiger partial charge in [-0.3, -0.25) is 9.59 Å². The zero-order valence-electron chi connectivity index (χ0n) is 7.18. The molecule has 0 aromatic rings. The van der Waals surface area contributed by atoms with Crippen LogP contribution in [0, 0.1) is 0 Å². The number of carbonyl (C=O) groups excluding carboxylic acids is 2. The first kappa shape index (κ1) is 8.77. The molecule has 4 nitrogen and oxygen atoms in total. The number of amides is 1. The summed E-state index contributed by atoms with van der Waals surface area (Å²) in [6.07, 6.45) is 1.31. The van der Waals surface area contributed by atoms with Crippen LogP contribution in [0.2, 0.25) is 0 Å². The number of hydrogen-bond acceptors (Lipinski definition) is 3. The van der Waals surface area contributed by atoms with Crippen LogP contribution >= 0.6 is 0 Å². The molecule has 1 fully saturated rings. The third kappa shape index (κ3) is 2.08. The summed E-state index contributed by atoms with van der Waals surface area (Å²) in [6.45, 7) is 3.99. The summed E-state index contributed by atoms with van der Waals surface area (Å²) in [5, 5.41) is 5.59. The molecule has 12 heavy (non-hydrogen) atoms. The number of carbonyl (C=O) groups is 2. The Labute approximate surface area is 71.0 Å². The van der Waals surface area contributed by atoms with Gasteiger partial charge in [0.25, 0.3) is 5.91 Å². The lowest BCUT2D eigenvalue weighted by Crippen LogP contribution is -2.49. The third-order valence-electron chi connectivity index (χ3n) is 1.57. The summed E-state index contributed by atoms with van der Waals surface area (Å²) in [5.74, 6) is -0.328. The van der Waals surface area contributed by atoms with Crippen LogP contribution < -0.4 is 10.6 Å². The molecule has 1 aliphatic heterocycles. The monoisotopic (exact) mass is 168 g/mol. The smallest absolute Gasteiger partial charge is 0.267 e. The van der Waals surface area contributed by atoms with E-state index < -0.39 is 0 Å². The lowest BCUT2D eigenvalue weighted by Gasteiger charge is -2.23. The number of allylic oxidation sites excluding steroid dienone is 1. The maximum atomic E-state index is 11.1. The minimum Gasteiger partial charge on any atom is -0.378 e. The molecule has 0 aliphatic carbocycles. The van der Waals surface area contributed by atoms with Gasteiger partial charge < -0.3 is 10.6 Å². The van der Waals surface area contributed by atoms with Gasteiger partial charge in [0.15, 0.2) is 5.78 Å². The SMILES string of the molecule is CC(=O)C=C1NCC(C)NC1=O.